The zero-order valence-corrected chi connectivity index (χ0v) is 10.9. The molecule has 0 amide bonds. The van der Waals surface area contributed by atoms with Crippen LogP contribution in [0.3, 0.4) is 0 Å². The lowest BCUT2D eigenvalue weighted by Crippen LogP contribution is -2.61. The van der Waals surface area contributed by atoms with Gasteiger partial charge in [0.1, 0.15) is 6.10 Å². The first-order chi connectivity index (χ1) is 8.88. The van der Waals surface area contributed by atoms with E-state index >= 15 is 0 Å². The van der Waals surface area contributed by atoms with Gasteiger partial charge in [-0.05, 0) is 12.5 Å². The van der Waals surface area contributed by atoms with Gasteiger partial charge in [-0.25, -0.2) is 4.39 Å². The number of nitro groups is 1. The number of rotatable bonds is 4. The van der Waals surface area contributed by atoms with Crippen LogP contribution in [0.25, 0.3) is 0 Å². The van der Waals surface area contributed by atoms with Crippen LogP contribution in [0.4, 0.5) is 10.1 Å². The third kappa shape index (κ3) is 2.28. The number of hydrogen-bond acceptors (Lipinski definition) is 4. The Balaban J connectivity index is 2.15. The molecular formula is C13H17FN2O3. The van der Waals surface area contributed by atoms with Crippen molar-refractivity contribution < 1.29 is 14.1 Å². The molecule has 1 aliphatic carbocycles. The second-order valence-electron chi connectivity index (χ2n) is 5.18. The highest BCUT2D eigenvalue weighted by Gasteiger charge is 2.50. The zero-order chi connectivity index (χ0) is 14.2. The normalized spacial score (nSPS) is 29.7. The Hall–Kier alpha value is -1.69. The summed E-state index contributed by atoms with van der Waals surface area (Å²) in [5.74, 6) is -0.671. The van der Waals surface area contributed by atoms with Gasteiger partial charge in [-0.1, -0.05) is 13.8 Å². The molecule has 1 aromatic rings. The predicted molar refractivity (Wildman–Crippen MR) is 68.5 cm³/mol. The van der Waals surface area contributed by atoms with E-state index in [-0.39, 0.29) is 29.0 Å². The molecule has 0 saturated heterocycles. The molecule has 3 unspecified atom stereocenters. The molecule has 0 spiro atoms. The van der Waals surface area contributed by atoms with Crippen LogP contribution in [0, 0.1) is 21.3 Å². The standard InChI is InChI=1S/C13H17FN2O3/c1-3-13(2)11(15)7-12(13)19-10-5-4-8(16(17)18)6-9(10)14/h4-6,11-12H,3,7,15H2,1-2H3. The van der Waals surface area contributed by atoms with Crippen molar-refractivity contribution in [3.05, 3.63) is 34.1 Å². The Bertz CT molecular complexity index is 509. The van der Waals surface area contributed by atoms with Gasteiger partial charge in [0.2, 0.25) is 0 Å². The van der Waals surface area contributed by atoms with E-state index in [1.54, 1.807) is 0 Å². The number of benzene rings is 1. The molecule has 2 N–H and O–H groups in total. The van der Waals surface area contributed by atoms with E-state index in [4.69, 9.17) is 10.5 Å². The lowest BCUT2D eigenvalue weighted by Gasteiger charge is -2.51. The number of halogens is 1. The van der Waals surface area contributed by atoms with Gasteiger partial charge in [-0.15, -0.1) is 0 Å². The highest BCUT2D eigenvalue weighted by Crippen LogP contribution is 2.45. The van der Waals surface area contributed by atoms with Crippen LogP contribution >= 0.6 is 0 Å². The molecular weight excluding hydrogens is 251 g/mol. The van der Waals surface area contributed by atoms with Crippen molar-refractivity contribution in [1.29, 1.82) is 0 Å². The summed E-state index contributed by atoms with van der Waals surface area (Å²) in [4.78, 5) is 9.89. The zero-order valence-electron chi connectivity index (χ0n) is 10.9. The topological polar surface area (TPSA) is 78.4 Å². The number of ether oxygens (including phenoxy) is 1. The Morgan fingerprint density at radius 3 is 2.79 bits per heavy atom. The van der Waals surface area contributed by atoms with Gasteiger partial charge in [0.25, 0.3) is 5.69 Å². The molecule has 1 saturated carbocycles. The molecule has 0 aliphatic heterocycles. The van der Waals surface area contributed by atoms with E-state index in [2.05, 4.69) is 0 Å². The Kier molecular flexibility index (Phi) is 3.45. The van der Waals surface area contributed by atoms with Gasteiger partial charge in [-0.2, -0.15) is 0 Å². The maximum atomic E-state index is 13.7. The fraction of sp³-hybridized carbons (Fsp3) is 0.538. The first kappa shape index (κ1) is 13.7. The number of nitrogens with two attached hydrogens (primary N) is 1. The summed E-state index contributed by atoms with van der Waals surface area (Å²) in [6, 6.07) is 3.45. The SMILES string of the molecule is CCC1(C)C(N)CC1Oc1ccc([N+](=O)[O-])cc1F. The lowest BCUT2D eigenvalue weighted by molar-refractivity contribution is -0.385. The maximum Gasteiger partial charge on any atom is 0.272 e. The van der Waals surface area contributed by atoms with Gasteiger partial charge in [0, 0.05) is 23.9 Å². The van der Waals surface area contributed by atoms with Gasteiger partial charge >= 0.3 is 0 Å². The smallest absolute Gasteiger partial charge is 0.272 e. The van der Waals surface area contributed by atoms with Crippen LogP contribution in [0.15, 0.2) is 18.2 Å². The molecule has 104 valence electrons. The lowest BCUT2D eigenvalue weighted by atomic mass is 9.62. The number of nitro benzene ring substituents is 1. The van der Waals surface area contributed by atoms with E-state index < -0.39 is 10.7 Å². The monoisotopic (exact) mass is 268 g/mol. The number of nitrogens with zero attached hydrogens (tertiary/aromatic N) is 1. The van der Waals surface area contributed by atoms with Crippen LogP contribution in [-0.2, 0) is 0 Å². The van der Waals surface area contributed by atoms with Crippen molar-refractivity contribution in [3.63, 3.8) is 0 Å². The molecule has 19 heavy (non-hydrogen) atoms. The Morgan fingerprint density at radius 1 is 1.63 bits per heavy atom. The molecule has 1 fully saturated rings. The van der Waals surface area contributed by atoms with Crippen molar-refractivity contribution in [2.45, 2.75) is 38.8 Å². The van der Waals surface area contributed by atoms with Gasteiger partial charge in [0.05, 0.1) is 11.0 Å². The van der Waals surface area contributed by atoms with Gasteiger partial charge < -0.3 is 10.5 Å². The van der Waals surface area contributed by atoms with E-state index in [9.17, 15) is 14.5 Å². The molecule has 0 bridgehead atoms. The third-order valence-corrected chi connectivity index (χ3v) is 4.21. The summed E-state index contributed by atoms with van der Waals surface area (Å²) in [6.45, 7) is 4.02. The Morgan fingerprint density at radius 2 is 2.32 bits per heavy atom. The highest BCUT2D eigenvalue weighted by molar-refractivity contribution is 5.38. The van der Waals surface area contributed by atoms with Crippen LogP contribution in [0.1, 0.15) is 26.7 Å². The van der Waals surface area contributed by atoms with Crippen LogP contribution < -0.4 is 10.5 Å². The molecule has 0 aromatic heterocycles. The van der Waals surface area contributed by atoms with Gasteiger partial charge in [0.15, 0.2) is 11.6 Å². The molecule has 5 nitrogen and oxygen atoms in total. The minimum atomic E-state index is -0.715. The van der Waals surface area contributed by atoms with E-state index in [1.165, 1.54) is 12.1 Å². The largest absolute Gasteiger partial charge is 0.487 e. The first-order valence-electron chi connectivity index (χ1n) is 6.24. The van der Waals surface area contributed by atoms with Crippen molar-refractivity contribution in [1.82, 2.24) is 0 Å². The maximum absolute atomic E-state index is 13.7. The fourth-order valence-corrected chi connectivity index (χ4v) is 2.37. The van der Waals surface area contributed by atoms with Crippen LogP contribution in [0.2, 0.25) is 0 Å². The molecule has 1 aliphatic rings. The molecule has 0 radical (unpaired) electrons. The quantitative estimate of drug-likeness (QED) is 0.672. The summed E-state index contributed by atoms with van der Waals surface area (Å²) >= 11 is 0. The van der Waals surface area contributed by atoms with E-state index in [0.717, 1.165) is 12.5 Å². The molecule has 3 atom stereocenters. The molecule has 0 heterocycles. The summed E-state index contributed by atoms with van der Waals surface area (Å²) in [5.41, 5.74) is 5.49. The summed E-state index contributed by atoms with van der Waals surface area (Å²) < 4.78 is 19.3. The van der Waals surface area contributed by atoms with Crippen molar-refractivity contribution in [3.8, 4) is 5.75 Å². The van der Waals surface area contributed by atoms with Crippen molar-refractivity contribution >= 4 is 5.69 Å². The molecule has 6 heteroatoms. The highest BCUT2D eigenvalue weighted by atomic mass is 19.1. The van der Waals surface area contributed by atoms with Crippen molar-refractivity contribution in [2.24, 2.45) is 11.1 Å². The minimum absolute atomic E-state index is 0.0437. The first-order valence-corrected chi connectivity index (χ1v) is 6.24. The predicted octanol–water partition coefficient (Wildman–Crippen LogP) is 2.63. The summed E-state index contributed by atoms with van der Waals surface area (Å²) in [7, 11) is 0. The second-order valence-corrected chi connectivity index (χ2v) is 5.18. The third-order valence-electron chi connectivity index (χ3n) is 4.21. The summed E-state index contributed by atoms with van der Waals surface area (Å²) in [6.07, 6.45) is 1.36. The van der Waals surface area contributed by atoms with Crippen LogP contribution in [0.5, 0.6) is 5.75 Å². The number of non-ortho nitro benzene ring substituents is 1. The summed E-state index contributed by atoms with van der Waals surface area (Å²) in [5, 5.41) is 10.5. The fourth-order valence-electron chi connectivity index (χ4n) is 2.37. The van der Waals surface area contributed by atoms with Gasteiger partial charge in [-0.3, -0.25) is 10.1 Å². The molecule has 1 aromatic carbocycles. The molecule has 2 rings (SSSR count). The van der Waals surface area contributed by atoms with E-state index in [1.807, 2.05) is 13.8 Å². The average Bonchev–Trinajstić information content (AvgIpc) is 2.38. The van der Waals surface area contributed by atoms with E-state index in [0.29, 0.717) is 6.42 Å². The number of hydrogen-bond donors (Lipinski definition) is 1. The van der Waals surface area contributed by atoms with Crippen LogP contribution in [-0.4, -0.2) is 17.1 Å². The van der Waals surface area contributed by atoms with Crippen molar-refractivity contribution in [2.75, 3.05) is 0 Å². The minimum Gasteiger partial charge on any atom is -0.487 e. The average molecular weight is 268 g/mol. The Labute approximate surface area is 110 Å². The second kappa shape index (κ2) is 4.77.